The second-order valence-electron chi connectivity index (χ2n) is 8.63. The van der Waals surface area contributed by atoms with E-state index in [-0.39, 0.29) is 28.6 Å². The first kappa shape index (κ1) is 23.7. The van der Waals surface area contributed by atoms with E-state index < -0.39 is 27.7 Å². The van der Waals surface area contributed by atoms with Crippen molar-refractivity contribution in [2.24, 2.45) is 5.92 Å². The molecule has 7 nitrogen and oxygen atoms in total. The fourth-order valence-electron chi connectivity index (χ4n) is 3.75. The van der Waals surface area contributed by atoms with Crippen molar-refractivity contribution in [1.29, 1.82) is 0 Å². The molecule has 4 aromatic rings. The molecule has 0 aliphatic heterocycles. The Hall–Kier alpha value is -3.49. The van der Waals surface area contributed by atoms with E-state index in [0.29, 0.717) is 10.8 Å². The summed E-state index contributed by atoms with van der Waals surface area (Å²) < 4.78 is 39.1. The lowest BCUT2D eigenvalue weighted by molar-refractivity contribution is -0.136. The molecule has 0 saturated carbocycles. The largest absolute Gasteiger partial charge is 0.425 e. The summed E-state index contributed by atoms with van der Waals surface area (Å²) in [5.74, 6) is -0.564. The van der Waals surface area contributed by atoms with Gasteiger partial charge in [-0.05, 0) is 55.0 Å². The van der Waals surface area contributed by atoms with Gasteiger partial charge in [-0.1, -0.05) is 49.7 Å². The predicted molar refractivity (Wildman–Crippen MR) is 130 cm³/mol. The summed E-state index contributed by atoms with van der Waals surface area (Å²) >= 11 is 0. The first-order chi connectivity index (χ1) is 16.1. The van der Waals surface area contributed by atoms with Gasteiger partial charge in [-0.25, -0.2) is 18.0 Å². The molecule has 0 unspecified atom stereocenters. The molecule has 34 heavy (non-hydrogen) atoms. The molecule has 0 saturated heterocycles. The average Bonchev–Trinajstić information content (AvgIpc) is 2.78. The highest BCUT2D eigenvalue weighted by molar-refractivity contribution is 7.89. The van der Waals surface area contributed by atoms with Gasteiger partial charge in [0.25, 0.3) is 0 Å². The maximum absolute atomic E-state index is 13.0. The van der Waals surface area contributed by atoms with Crippen molar-refractivity contribution < 1.29 is 22.4 Å². The van der Waals surface area contributed by atoms with Crippen molar-refractivity contribution in [3.8, 4) is 5.75 Å². The number of esters is 1. The van der Waals surface area contributed by atoms with Gasteiger partial charge in [-0.15, -0.1) is 0 Å². The number of rotatable bonds is 7. The Morgan fingerprint density at radius 2 is 1.65 bits per heavy atom. The summed E-state index contributed by atoms with van der Waals surface area (Å²) in [5.41, 5.74) is 0.706. The van der Waals surface area contributed by atoms with Crippen LogP contribution in [0.3, 0.4) is 0 Å². The van der Waals surface area contributed by atoms with E-state index in [0.717, 1.165) is 10.9 Å². The number of fused-ring (bicyclic) bond motifs is 3. The lowest BCUT2D eigenvalue weighted by Crippen LogP contribution is -2.43. The maximum atomic E-state index is 13.0. The fourth-order valence-corrected chi connectivity index (χ4v) is 4.95. The van der Waals surface area contributed by atoms with Crippen molar-refractivity contribution in [1.82, 2.24) is 4.72 Å². The normalized spacial score (nSPS) is 12.8. The van der Waals surface area contributed by atoms with Crippen LogP contribution in [0.2, 0.25) is 0 Å². The first-order valence-corrected chi connectivity index (χ1v) is 12.4. The van der Waals surface area contributed by atoms with Crippen LogP contribution in [0.15, 0.2) is 80.8 Å². The van der Waals surface area contributed by atoms with E-state index in [1.54, 1.807) is 36.4 Å². The molecule has 1 aromatic heterocycles. The van der Waals surface area contributed by atoms with E-state index >= 15 is 0 Å². The lowest BCUT2D eigenvalue weighted by atomic mass is 10.0. The quantitative estimate of drug-likeness (QED) is 0.181. The molecule has 0 aliphatic rings. The Bertz CT molecular complexity index is 1520. The SMILES string of the molecule is Cc1ccc(S(=O)(=O)N[C@H](CC(C)C)C(=O)Oc2ccc3c(c2)oc(=O)c2ccccc23)cc1. The van der Waals surface area contributed by atoms with Crippen LogP contribution in [0.5, 0.6) is 5.75 Å². The molecule has 1 N–H and O–H groups in total. The van der Waals surface area contributed by atoms with Crippen molar-refractivity contribution in [2.45, 2.75) is 38.1 Å². The highest BCUT2D eigenvalue weighted by Gasteiger charge is 2.28. The number of carbonyl (C=O) groups excluding carboxylic acids is 1. The zero-order valence-corrected chi connectivity index (χ0v) is 19.9. The van der Waals surface area contributed by atoms with E-state index in [9.17, 15) is 18.0 Å². The highest BCUT2D eigenvalue weighted by atomic mass is 32.2. The van der Waals surface area contributed by atoms with Crippen LogP contribution in [0, 0.1) is 12.8 Å². The van der Waals surface area contributed by atoms with Crippen molar-refractivity contribution >= 4 is 37.7 Å². The third kappa shape index (κ3) is 5.03. The summed E-state index contributed by atoms with van der Waals surface area (Å²) in [5, 5.41) is 1.89. The fraction of sp³-hybridized carbons (Fsp3) is 0.231. The molecule has 0 aliphatic carbocycles. The number of aryl methyl sites for hydroxylation is 1. The third-order valence-electron chi connectivity index (χ3n) is 5.43. The minimum absolute atomic E-state index is 0.0271. The van der Waals surface area contributed by atoms with Gasteiger partial charge >= 0.3 is 11.6 Å². The average molecular weight is 480 g/mol. The van der Waals surface area contributed by atoms with Gasteiger partial charge in [0, 0.05) is 11.5 Å². The van der Waals surface area contributed by atoms with Gasteiger partial charge < -0.3 is 9.15 Å². The Morgan fingerprint density at radius 1 is 0.971 bits per heavy atom. The van der Waals surface area contributed by atoms with E-state index in [1.165, 1.54) is 18.2 Å². The van der Waals surface area contributed by atoms with Crippen LogP contribution in [0.1, 0.15) is 25.8 Å². The maximum Gasteiger partial charge on any atom is 0.344 e. The Kier molecular flexibility index (Phi) is 6.54. The van der Waals surface area contributed by atoms with Gasteiger partial charge in [0.2, 0.25) is 10.0 Å². The smallest absolute Gasteiger partial charge is 0.344 e. The molecule has 0 spiro atoms. The molecule has 1 heterocycles. The molecule has 0 fully saturated rings. The Balaban J connectivity index is 1.61. The van der Waals surface area contributed by atoms with Crippen molar-refractivity contribution in [2.75, 3.05) is 0 Å². The molecule has 4 rings (SSSR count). The topological polar surface area (TPSA) is 103 Å². The van der Waals surface area contributed by atoms with Gasteiger partial charge in [0.15, 0.2) is 0 Å². The van der Waals surface area contributed by atoms with Crippen LogP contribution in [-0.2, 0) is 14.8 Å². The van der Waals surface area contributed by atoms with Gasteiger partial charge in [-0.3, -0.25) is 0 Å². The minimum atomic E-state index is -3.93. The number of ether oxygens (including phenoxy) is 1. The molecule has 3 aromatic carbocycles. The summed E-state index contributed by atoms with van der Waals surface area (Å²) in [6.07, 6.45) is 0.247. The van der Waals surface area contributed by atoms with E-state index in [4.69, 9.17) is 9.15 Å². The highest BCUT2D eigenvalue weighted by Crippen LogP contribution is 2.27. The van der Waals surface area contributed by atoms with Crippen LogP contribution in [0.25, 0.3) is 21.7 Å². The Morgan fingerprint density at radius 3 is 2.32 bits per heavy atom. The third-order valence-corrected chi connectivity index (χ3v) is 6.92. The van der Waals surface area contributed by atoms with Crippen molar-refractivity contribution in [3.05, 3.63) is 82.7 Å². The summed E-state index contributed by atoms with van der Waals surface area (Å²) in [4.78, 5) is 25.4. The number of carbonyl (C=O) groups is 1. The Labute approximate surface area is 197 Å². The second-order valence-corrected chi connectivity index (χ2v) is 10.3. The van der Waals surface area contributed by atoms with Crippen molar-refractivity contribution in [3.63, 3.8) is 0 Å². The van der Waals surface area contributed by atoms with Gasteiger partial charge in [0.1, 0.15) is 17.4 Å². The zero-order valence-electron chi connectivity index (χ0n) is 19.1. The molecular weight excluding hydrogens is 454 g/mol. The van der Waals surface area contributed by atoms with Crippen LogP contribution in [0.4, 0.5) is 0 Å². The van der Waals surface area contributed by atoms with E-state index in [2.05, 4.69) is 4.72 Å². The zero-order chi connectivity index (χ0) is 24.5. The molecule has 8 heteroatoms. The summed E-state index contributed by atoms with van der Waals surface area (Å²) in [6, 6.07) is 17.1. The number of benzene rings is 3. The lowest BCUT2D eigenvalue weighted by Gasteiger charge is -2.19. The van der Waals surface area contributed by atoms with Crippen LogP contribution >= 0.6 is 0 Å². The minimum Gasteiger partial charge on any atom is -0.425 e. The monoisotopic (exact) mass is 479 g/mol. The summed E-state index contributed by atoms with van der Waals surface area (Å²) in [7, 11) is -3.93. The molecule has 0 bridgehead atoms. The standard InChI is InChI=1S/C26H25NO6S/c1-16(2)14-23(27-34(30,31)19-11-8-17(3)9-12-19)26(29)32-18-10-13-21-20-6-4-5-7-22(20)25(28)33-24(21)15-18/h4-13,15-16,23,27H,14H2,1-3H3/t23-/m1/s1. The van der Waals surface area contributed by atoms with Crippen LogP contribution in [-0.4, -0.2) is 20.4 Å². The molecule has 0 amide bonds. The summed E-state index contributed by atoms with van der Waals surface area (Å²) in [6.45, 7) is 5.63. The molecule has 176 valence electrons. The number of hydrogen-bond donors (Lipinski definition) is 1. The molecule has 0 radical (unpaired) electrons. The number of hydrogen-bond acceptors (Lipinski definition) is 6. The predicted octanol–water partition coefficient (Wildman–Crippen LogP) is 4.55. The number of sulfonamides is 1. The van der Waals surface area contributed by atoms with Gasteiger partial charge in [-0.2, -0.15) is 4.72 Å². The molecular formula is C26H25NO6S. The molecule has 1 atom stereocenters. The first-order valence-electron chi connectivity index (χ1n) is 10.9. The second kappa shape index (κ2) is 9.40. The van der Waals surface area contributed by atoms with Gasteiger partial charge in [0.05, 0.1) is 10.3 Å². The van der Waals surface area contributed by atoms with Crippen LogP contribution < -0.4 is 15.1 Å². The number of nitrogens with one attached hydrogen (secondary N) is 1. The van der Waals surface area contributed by atoms with E-state index in [1.807, 2.05) is 32.9 Å².